The van der Waals surface area contributed by atoms with E-state index in [9.17, 15) is 0 Å². The molecule has 3 N–H and O–H groups in total. The van der Waals surface area contributed by atoms with E-state index in [1.807, 2.05) is 20.9 Å². The molecule has 0 radical (unpaired) electrons. The van der Waals surface area contributed by atoms with Crippen LogP contribution < -0.4 is 11.1 Å². The van der Waals surface area contributed by atoms with Crippen molar-refractivity contribution in [3.63, 3.8) is 0 Å². The van der Waals surface area contributed by atoms with Gasteiger partial charge in [0.2, 0.25) is 0 Å². The number of likely N-dealkylation sites (tertiary alicyclic amines) is 2. The summed E-state index contributed by atoms with van der Waals surface area (Å²) in [5, 5.41) is 3.03. The molecule has 2 heterocycles. The predicted octanol–water partition coefficient (Wildman–Crippen LogP) is 6.25. The number of hydrogen-bond acceptors (Lipinski definition) is 6. The first-order valence-electron chi connectivity index (χ1n) is 15.6. The Hall–Kier alpha value is -0.240. The Kier molecular flexibility index (Phi) is 35.0. The number of hydrogen-bond donors (Lipinski definition) is 2. The van der Waals surface area contributed by atoms with Crippen LogP contribution in [0.3, 0.4) is 0 Å². The highest BCUT2D eigenvalue weighted by molar-refractivity contribution is 4.69. The van der Waals surface area contributed by atoms with Crippen molar-refractivity contribution in [3.8, 4) is 0 Å². The van der Waals surface area contributed by atoms with Crippen molar-refractivity contribution < 1.29 is 0 Å². The summed E-state index contributed by atoms with van der Waals surface area (Å²) >= 11 is 0. The first-order valence-corrected chi connectivity index (χ1v) is 15.6. The van der Waals surface area contributed by atoms with Crippen molar-refractivity contribution in [1.29, 1.82) is 0 Å². The fraction of sp³-hybridized carbons (Fsp3) is 1.00. The maximum absolute atomic E-state index is 5.11. The van der Waals surface area contributed by atoms with Gasteiger partial charge in [0.25, 0.3) is 0 Å². The Labute approximate surface area is 243 Å². The third-order valence-corrected chi connectivity index (χ3v) is 6.63. The van der Waals surface area contributed by atoms with E-state index in [0.717, 1.165) is 12.1 Å². The van der Waals surface area contributed by atoms with Gasteiger partial charge in [-0.1, -0.05) is 34.1 Å². The quantitative estimate of drug-likeness (QED) is 0.425. The molecule has 0 aromatic rings. The molecular weight excluding hydrogens is 468 g/mol. The van der Waals surface area contributed by atoms with Crippen LogP contribution in [0.2, 0.25) is 0 Å². The van der Waals surface area contributed by atoms with E-state index in [2.05, 4.69) is 122 Å². The average Bonchev–Trinajstić information content (AvgIpc) is 3.36. The van der Waals surface area contributed by atoms with Crippen LogP contribution in [-0.4, -0.2) is 117 Å². The van der Waals surface area contributed by atoms with E-state index in [1.165, 1.54) is 58.3 Å². The number of nitrogens with zero attached hydrogens (tertiary/aromatic N) is 4. The zero-order valence-corrected chi connectivity index (χ0v) is 29.7. The van der Waals surface area contributed by atoms with Crippen LogP contribution in [0.1, 0.15) is 115 Å². The highest BCUT2D eigenvalue weighted by Gasteiger charge is 2.13. The molecule has 236 valence electrons. The van der Waals surface area contributed by atoms with Gasteiger partial charge in [-0.05, 0) is 149 Å². The highest BCUT2D eigenvalue weighted by Crippen LogP contribution is 2.11. The molecule has 0 atom stereocenters. The molecule has 38 heavy (non-hydrogen) atoms. The van der Waals surface area contributed by atoms with Crippen molar-refractivity contribution in [2.45, 2.75) is 151 Å². The minimum Gasteiger partial charge on any atom is -0.328 e. The molecule has 0 amide bonds. The normalized spacial score (nSPS) is 15.9. The second-order valence-electron chi connectivity index (χ2n) is 12.8. The molecule has 0 saturated carbocycles. The summed E-state index contributed by atoms with van der Waals surface area (Å²) < 4.78 is 0. The molecule has 6 heteroatoms. The molecule has 0 aliphatic carbocycles. The topological polar surface area (TPSA) is 51.0 Å². The van der Waals surface area contributed by atoms with Gasteiger partial charge in [-0.25, -0.2) is 0 Å². The molecule has 0 spiro atoms. The molecule has 0 aromatic carbocycles. The second kappa shape index (κ2) is 29.7. The first kappa shape index (κ1) is 44.8. The van der Waals surface area contributed by atoms with Crippen molar-refractivity contribution in [2.24, 2.45) is 5.73 Å². The number of nitrogens with one attached hydrogen (secondary N) is 1. The fourth-order valence-corrected chi connectivity index (χ4v) is 2.69. The summed E-state index contributed by atoms with van der Waals surface area (Å²) in [5.41, 5.74) is 5.11. The Bertz CT molecular complexity index is 395. The van der Waals surface area contributed by atoms with Crippen LogP contribution in [0, 0.1) is 0 Å². The monoisotopic (exact) mass is 547 g/mol. The lowest BCUT2D eigenvalue weighted by Gasteiger charge is -2.29. The Morgan fingerprint density at radius 1 is 0.526 bits per heavy atom. The van der Waals surface area contributed by atoms with Gasteiger partial charge in [-0.2, -0.15) is 0 Å². The van der Waals surface area contributed by atoms with E-state index in [0.29, 0.717) is 24.2 Å². The van der Waals surface area contributed by atoms with Crippen LogP contribution in [0.15, 0.2) is 0 Å². The molecule has 0 aromatic heterocycles. The van der Waals surface area contributed by atoms with Crippen LogP contribution in [0.25, 0.3) is 0 Å². The third-order valence-electron chi connectivity index (χ3n) is 6.63. The SMILES string of the molecule is CC(C)N.CC(C)N(C)C.CC(C)N(C)C.CC(C)N1CCCC1.CC(C)N1CCCCC1.CNC(C)C. The largest absolute Gasteiger partial charge is 0.328 e. The summed E-state index contributed by atoms with van der Waals surface area (Å²) in [5.74, 6) is 0. The maximum atomic E-state index is 5.11. The fourth-order valence-electron chi connectivity index (χ4n) is 2.69. The number of rotatable bonds is 5. The zero-order valence-electron chi connectivity index (χ0n) is 29.7. The highest BCUT2D eigenvalue weighted by atomic mass is 15.2. The minimum atomic E-state index is 0.333. The van der Waals surface area contributed by atoms with Crippen LogP contribution in [0.4, 0.5) is 0 Å². The molecule has 2 aliphatic heterocycles. The first-order chi connectivity index (χ1) is 17.4. The van der Waals surface area contributed by atoms with Gasteiger partial charge < -0.3 is 30.7 Å². The minimum absolute atomic E-state index is 0.333. The smallest absolute Gasteiger partial charge is 0.00385 e. The number of nitrogens with two attached hydrogens (primary N) is 1. The van der Waals surface area contributed by atoms with Crippen LogP contribution >= 0.6 is 0 Å². The Morgan fingerprint density at radius 3 is 0.816 bits per heavy atom. The summed E-state index contributed by atoms with van der Waals surface area (Å²) in [6.07, 6.45) is 7.11. The predicted molar refractivity (Wildman–Crippen MR) is 178 cm³/mol. The van der Waals surface area contributed by atoms with Gasteiger partial charge in [0.1, 0.15) is 0 Å². The Balaban J connectivity index is -0.000000187. The molecule has 2 rings (SSSR count). The lowest BCUT2D eigenvalue weighted by molar-refractivity contribution is 0.185. The maximum Gasteiger partial charge on any atom is 0.00385 e. The van der Waals surface area contributed by atoms with Gasteiger partial charge in [0, 0.05) is 30.2 Å². The lowest BCUT2D eigenvalue weighted by atomic mass is 10.1. The van der Waals surface area contributed by atoms with Crippen LogP contribution in [0.5, 0.6) is 0 Å². The van der Waals surface area contributed by atoms with Gasteiger partial charge in [0.15, 0.2) is 0 Å². The Morgan fingerprint density at radius 2 is 0.711 bits per heavy atom. The number of piperidine rings is 1. The summed E-state index contributed by atoms with van der Waals surface area (Å²) in [4.78, 5) is 9.42. The molecule has 6 nitrogen and oxygen atoms in total. The van der Waals surface area contributed by atoms with E-state index in [4.69, 9.17) is 5.73 Å². The van der Waals surface area contributed by atoms with Gasteiger partial charge >= 0.3 is 0 Å². The van der Waals surface area contributed by atoms with Gasteiger partial charge in [-0.15, -0.1) is 0 Å². The lowest BCUT2D eigenvalue weighted by Crippen LogP contribution is -2.35. The molecular formula is C32H78N6. The van der Waals surface area contributed by atoms with E-state index >= 15 is 0 Å². The summed E-state index contributed by atoms with van der Waals surface area (Å²) in [6.45, 7) is 31.2. The molecule has 0 bridgehead atoms. The average molecular weight is 547 g/mol. The van der Waals surface area contributed by atoms with Gasteiger partial charge in [0.05, 0.1) is 0 Å². The van der Waals surface area contributed by atoms with Crippen LogP contribution in [-0.2, 0) is 0 Å². The molecule has 2 aliphatic rings. The standard InChI is InChI=1S/C8H17N.C7H15N.2C5H13N.C4H11N.C3H9N/c1-8(2)9-6-4-3-5-7-9;1-7(2)8-5-3-4-6-8;2*1-5(2)6(3)4;1-4(2)5-3;1-3(2)4/h8H,3-7H2,1-2H3;7H,3-6H2,1-2H3;2*5H,1-4H3;4-5H,1-3H3;3H,4H2,1-2H3. The summed E-state index contributed by atoms with van der Waals surface area (Å²) in [7, 11) is 10.2. The summed E-state index contributed by atoms with van der Waals surface area (Å²) in [6, 6.07) is 3.88. The third kappa shape index (κ3) is 40.3. The second-order valence-corrected chi connectivity index (χ2v) is 12.8. The van der Waals surface area contributed by atoms with E-state index in [1.54, 1.807) is 0 Å². The van der Waals surface area contributed by atoms with Crippen molar-refractivity contribution >= 4 is 0 Å². The molecule has 0 unspecified atom stereocenters. The van der Waals surface area contributed by atoms with Crippen molar-refractivity contribution in [2.75, 3.05) is 61.4 Å². The zero-order chi connectivity index (χ0) is 30.8. The molecule has 2 saturated heterocycles. The van der Waals surface area contributed by atoms with Gasteiger partial charge in [-0.3, -0.25) is 0 Å². The van der Waals surface area contributed by atoms with E-state index < -0.39 is 0 Å². The van der Waals surface area contributed by atoms with Crippen molar-refractivity contribution in [1.82, 2.24) is 24.9 Å². The molecule has 2 fully saturated rings. The van der Waals surface area contributed by atoms with E-state index in [-0.39, 0.29) is 0 Å². The van der Waals surface area contributed by atoms with Crippen molar-refractivity contribution in [3.05, 3.63) is 0 Å².